The van der Waals surface area contributed by atoms with Crippen LogP contribution in [-0.2, 0) is 15.0 Å². The molecule has 1 aromatic heterocycles. The summed E-state index contributed by atoms with van der Waals surface area (Å²) >= 11 is 0. The van der Waals surface area contributed by atoms with Gasteiger partial charge < -0.3 is 0 Å². The molecule has 2 amide bonds. The van der Waals surface area contributed by atoms with Crippen molar-refractivity contribution in [1.82, 2.24) is 10.3 Å². The number of hydrogen-bond acceptors (Lipinski definition) is 3. The highest BCUT2D eigenvalue weighted by Crippen LogP contribution is 2.42. The topological polar surface area (TPSA) is 59.1 Å². The van der Waals surface area contributed by atoms with E-state index >= 15 is 0 Å². The zero-order valence-electron chi connectivity index (χ0n) is 11.0. The lowest BCUT2D eigenvalue weighted by Gasteiger charge is -2.42. The minimum atomic E-state index is -0.625. The van der Waals surface area contributed by atoms with Crippen molar-refractivity contribution in [2.75, 3.05) is 0 Å². The van der Waals surface area contributed by atoms with Crippen molar-refractivity contribution in [3.63, 3.8) is 0 Å². The molecule has 0 unspecified atom stereocenters. The first-order valence-electron chi connectivity index (χ1n) is 6.19. The van der Waals surface area contributed by atoms with Gasteiger partial charge in [0.1, 0.15) is 0 Å². The molecule has 1 atom stereocenters. The third kappa shape index (κ3) is 1.82. The van der Waals surface area contributed by atoms with Crippen LogP contribution < -0.4 is 5.32 Å². The van der Waals surface area contributed by atoms with Gasteiger partial charge in [-0.2, -0.15) is 0 Å². The number of nitrogens with zero attached hydrogens (tertiary/aromatic N) is 1. The Bertz CT molecular complexity index is 482. The molecular formula is C14H18N2O2. The molecular weight excluding hydrogens is 228 g/mol. The highest BCUT2D eigenvalue weighted by Gasteiger charge is 2.50. The second-order valence-corrected chi connectivity index (χ2v) is 5.52. The molecule has 96 valence electrons. The maximum Gasteiger partial charge on any atom is 0.237 e. The van der Waals surface area contributed by atoms with Crippen LogP contribution in [0.15, 0.2) is 24.5 Å². The highest BCUT2D eigenvalue weighted by molar-refractivity contribution is 6.05. The van der Waals surface area contributed by atoms with E-state index in [0.29, 0.717) is 12.8 Å². The van der Waals surface area contributed by atoms with Gasteiger partial charge in [-0.15, -0.1) is 0 Å². The van der Waals surface area contributed by atoms with E-state index < -0.39 is 10.8 Å². The van der Waals surface area contributed by atoms with Crippen LogP contribution in [0, 0.1) is 5.41 Å². The summed E-state index contributed by atoms with van der Waals surface area (Å²) < 4.78 is 0. The van der Waals surface area contributed by atoms with Crippen LogP contribution in [-0.4, -0.2) is 16.8 Å². The first-order valence-corrected chi connectivity index (χ1v) is 6.19. The van der Waals surface area contributed by atoms with Crippen molar-refractivity contribution < 1.29 is 9.59 Å². The molecule has 1 aromatic rings. The van der Waals surface area contributed by atoms with Crippen molar-refractivity contribution in [1.29, 1.82) is 0 Å². The average Bonchev–Trinajstić information content (AvgIpc) is 2.35. The van der Waals surface area contributed by atoms with E-state index in [1.54, 1.807) is 12.4 Å². The minimum Gasteiger partial charge on any atom is -0.295 e. The molecule has 0 aliphatic carbocycles. The van der Waals surface area contributed by atoms with Crippen LogP contribution in [0.5, 0.6) is 0 Å². The van der Waals surface area contributed by atoms with E-state index in [1.807, 2.05) is 32.9 Å². The van der Waals surface area contributed by atoms with E-state index in [2.05, 4.69) is 10.3 Å². The molecule has 18 heavy (non-hydrogen) atoms. The van der Waals surface area contributed by atoms with Gasteiger partial charge in [0.25, 0.3) is 0 Å². The molecule has 1 aliphatic heterocycles. The number of piperidine rings is 1. The number of pyridine rings is 1. The lowest BCUT2D eigenvalue weighted by Crippen LogP contribution is -2.58. The maximum atomic E-state index is 12.3. The third-order valence-electron chi connectivity index (χ3n) is 3.86. The summed E-state index contributed by atoms with van der Waals surface area (Å²) in [5.74, 6) is -0.383. The molecule has 1 aliphatic rings. The number of hydrogen-bond donors (Lipinski definition) is 1. The Morgan fingerprint density at radius 1 is 1.22 bits per heavy atom. The average molecular weight is 246 g/mol. The van der Waals surface area contributed by atoms with Gasteiger partial charge in [-0.05, 0) is 30.5 Å². The molecule has 1 saturated heterocycles. The second-order valence-electron chi connectivity index (χ2n) is 5.52. The van der Waals surface area contributed by atoms with E-state index in [4.69, 9.17) is 0 Å². The summed E-state index contributed by atoms with van der Waals surface area (Å²) in [5, 5.41) is 2.51. The van der Waals surface area contributed by atoms with E-state index in [9.17, 15) is 9.59 Å². The predicted octanol–water partition coefficient (Wildman–Crippen LogP) is 1.80. The van der Waals surface area contributed by atoms with Gasteiger partial charge in [-0.3, -0.25) is 19.9 Å². The molecule has 2 rings (SSSR count). The fourth-order valence-corrected chi connectivity index (χ4v) is 2.70. The second kappa shape index (κ2) is 4.19. The molecule has 4 heteroatoms. The zero-order chi connectivity index (χ0) is 13.4. The first kappa shape index (κ1) is 12.7. The molecule has 0 bridgehead atoms. The summed E-state index contributed by atoms with van der Waals surface area (Å²) in [7, 11) is 0. The standard InChI is InChI=1S/C14H18N2O2/c1-4-14(10-5-7-15-8-6-10)9-13(2,3)11(17)16-12(14)18/h5-8H,4,9H2,1-3H3,(H,16,17,18)/t14-/m1/s1. The fourth-order valence-electron chi connectivity index (χ4n) is 2.70. The fraction of sp³-hybridized carbons (Fsp3) is 0.500. The van der Waals surface area contributed by atoms with Crippen LogP contribution in [0.4, 0.5) is 0 Å². The van der Waals surface area contributed by atoms with Crippen LogP contribution >= 0.6 is 0 Å². The Labute approximate surface area is 107 Å². The maximum absolute atomic E-state index is 12.3. The Morgan fingerprint density at radius 2 is 1.83 bits per heavy atom. The third-order valence-corrected chi connectivity index (χ3v) is 3.86. The smallest absolute Gasteiger partial charge is 0.237 e. The molecule has 0 radical (unpaired) electrons. The van der Waals surface area contributed by atoms with Gasteiger partial charge in [0.15, 0.2) is 0 Å². The number of imide groups is 1. The summed E-state index contributed by atoms with van der Waals surface area (Å²) in [6.07, 6.45) is 4.57. The first-order chi connectivity index (χ1) is 8.42. The van der Waals surface area contributed by atoms with Crippen molar-refractivity contribution in [2.45, 2.75) is 39.0 Å². The van der Waals surface area contributed by atoms with Crippen molar-refractivity contribution in [3.8, 4) is 0 Å². The van der Waals surface area contributed by atoms with Gasteiger partial charge >= 0.3 is 0 Å². The number of aromatic nitrogens is 1. The summed E-state index contributed by atoms with van der Waals surface area (Å²) in [6, 6.07) is 3.71. The van der Waals surface area contributed by atoms with Crippen LogP contribution in [0.25, 0.3) is 0 Å². The van der Waals surface area contributed by atoms with Crippen molar-refractivity contribution >= 4 is 11.8 Å². The largest absolute Gasteiger partial charge is 0.295 e. The quantitative estimate of drug-likeness (QED) is 0.809. The lowest BCUT2D eigenvalue weighted by molar-refractivity contribution is -0.145. The van der Waals surface area contributed by atoms with Crippen LogP contribution in [0.3, 0.4) is 0 Å². The van der Waals surface area contributed by atoms with Crippen molar-refractivity contribution in [2.24, 2.45) is 5.41 Å². The van der Waals surface area contributed by atoms with Crippen LogP contribution in [0.2, 0.25) is 0 Å². The molecule has 0 saturated carbocycles. The summed E-state index contributed by atoms with van der Waals surface area (Å²) in [6.45, 7) is 5.73. The van der Waals surface area contributed by atoms with Gasteiger partial charge in [0.05, 0.1) is 5.41 Å². The number of carbonyl (C=O) groups is 2. The highest BCUT2D eigenvalue weighted by atomic mass is 16.2. The van der Waals surface area contributed by atoms with Gasteiger partial charge in [-0.1, -0.05) is 20.8 Å². The molecule has 4 nitrogen and oxygen atoms in total. The Kier molecular flexibility index (Phi) is 2.97. The minimum absolute atomic E-state index is 0.189. The number of nitrogens with one attached hydrogen (secondary N) is 1. The van der Waals surface area contributed by atoms with E-state index in [1.165, 1.54) is 0 Å². The Morgan fingerprint density at radius 3 is 2.39 bits per heavy atom. The molecule has 0 spiro atoms. The lowest BCUT2D eigenvalue weighted by atomic mass is 9.64. The summed E-state index contributed by atoms with van der Waals surface area (Å²) in [4.78, 5) is 28.1. The molecule has 2 heterocycles. The predicted molar refractivity (Wildman–Crippen MR) is 67.8 cm³/mol. The van der Waals surface area contributed by atoms with Crippen LogP contribution in [0.1, 0.15) is 39.2 Å². The molecule has 0 aromatic carbocycles. The Hall–Kier alpha value is -1.71. The molecule has 1 N–H and O–H groups in total. The normalized spacial score (nSPS) is 26.8. The molecule has 1 fully saturated rings. The SMILES string of the molecule is CC[C@]1(c2ccncc2)CC(C)(C)C(=O)NC1=O. The van der Waals surface area contributed by atoms with E-state index in [0.717, 1.165) is 5.56 Å². The number of amides is 2. The van der Waals surface area contributed by atoms with Gasteiger partial charge in [0, 0.05) is 17.8 Å². The van der Waals surface area contributed by atoms with Gasteiger partial charge in [0.2, 0.25) is 11.8 Å². The number of rotatable bonds is 2. The zero-order valence-corrected chi connectivity index (χ0v) is 11.0. The number of carbonyl (C=O) groups excluding carboxylic acids is 2. The summed E-state index contributed by atoms with van der Waals surface area (Å²) in [5.41, 5.74) is -0.230. The van der Waals surface area contributed by atoms with Crippen molar-refractivity contribution in [3.05, 3.63) is 30.1 Å². The van der Waals surface area contributed by atoms with E-state index in [-0.39, 0.29) is 11.8 Å². The monoisotopic (exact) mass is 246 g/mol. The van der Waals surface area contributed by atoms with Gasteiger partial charge in [-0.25, -0.2) is 0 Å². The Balaban J connectivity index is 2.50.